The monoisotopic (exact) mass is 306 g/mol. The van der Waals surface area contributed by atoms with E-state index in [2.05, 4.69) is 5.32 Å². The summed E-state index contributed by atoms with van der Waals surface area (Å²) in [6.45, 7) is 8.84. The Kier molecular flexibility index (Phi) is 5.84. The molecule has 0 aromatic rings. The van der Waals surface area contributed by atoms with Gasteiger partial charge in [-0.05, 0) is 13.3 Å². The van der Waals surface area contributed by atoms with E-state index in [1.54, 1.807) is 0 Å². The van der Waals surface area contributed by atoms with Gasteiger partial charge in [0.15, 0.2) is 0 Å². The van der Waals surface area contributed by atoms with E-state index >= 15 is 0 Å². The lowest BCUT2D eigenvalue weighted by Crippen LogP contribution is -2.75. The van der Waals surface area contributed by atoms with E-state index in [-0.39, 0.29) is 29.8 Å². The summed E-state index contributed by atoms with van der Waals surface area (Å²) in [4.78, 5) is 12.3. The Morgan fingerprint density at radius 3 is 2.70 bits per heavy atom. The van der Waals surface area contributed by atoms with E-state index in [9.17, 15) is 4.79 Å². The smallest absolute Gasteiger partial charge is 0.240 e. The van der Waals surface area contributed by atoms with Crippen molar-refractivity contribution in [2.24, 2.45) is 17.1 Å². The molecule has 1 saturated heterocycles. The minimum Gasteiger partial charge on any atom is -0.381 e. The van der Waals surface area contributed by atoms with Crippen LogP contribution in [-0.2, 0) is 14.3 Å². The van der Waals surface area contributed by atoms with Crippen LogP contribution < -0.4 is 11.1 Å². The summed E-state index contributed by atoms with van der Waals surface area (Å²) in [5, 5.41) is 2.99. The summed E-state index contributed by atoms with van der Waals surface area (Å²) < 4.78 is 10.9. The molecule has 0 aromatic heterocycles. The second-order valence-corrected chi connectivity index (χ2v) is 6.28. The van der Waals surface area contributed by atoms with Crippen LogP contribution in [0.4, 0.5) is 0 Å². The van der Waals surface area contributed by atoms with E-state index in [1.165, 1.54) is 0 Å². The summed E-state index contributed by atoms with van der Waals surface area (Å²) in [6, 6.07) is 0. The Hall–Kier alpha value is -0.360. The van der Waals surface area contributed by atoms with Crippen LogP contribution in [0.3, 0.4) is 0 Å². The molecule has 1 saturated carbocycles. The molecule has 6 heteroatoms. The van der Waals surface area contributed by atoms with Gasteiger partial charge in [0, 0.05) is 37.5 Å². The van der Waals surface area contributed by atoms with Crippen LogP contribution in [0.5, 0.6) is 0 Å². The van der Waals surface area contributed by atoms with Crippen molar-refractivity contribution in [3.05, 3.63) is 0 Å². The van der Waals surface area contributed by atoms with Gasteiger partial charge in [-0.2, -0.15) is 0 Å². The fraction of sp³-hybridized carbons (Fsp3) is 0.929. The van der Waals surface area contributed by atoms with Crippen LogP contribution >= 0.6 is 12.4 Å². The molecule has 1 aliphatic heterocycles. The predicted octanol–water partition coefficient (Wildman–Crippen LogP) is 1.09. The number of carbonyl (C=O) groups is 1. The Balaban J connectivity index is 0.00000200. The molecule has 5 nitrogen and oxygen atoms in total. The maximum atomic E-state index is 12.3. The molecule has 3 N–H and O–H groups in total. The van der Waals surface area contributed by atoms with Gasteiger partial charge in [-0.15, -0.1) is 12.4 Å². The van der Waals surface area contributed by atoms with Crippen LogP contribution in [0.25, 0.3) is 0 Å². The predicted molar refractivity (Wildman–Crippen MR) is 79.9 cm³/mol. The second-order valence-electron chi connectivity index (χ2n) is 6.28. The normalized spacial score (nSPS) is 35.0. The third-order valence-electron chi connectivity index (χ3n) is 4.81. The summed E-state index contributed by atoms with van der Waals surface area (Å²) in [5.41, 5.74) is 5.17. The molecule has 118 valence electrons. The summed E-state index contributed by atoms with van der Waals surface area (Å²) >= 11 is 0. The molecule has 2 aliphatic rings. The fourth-order valence-corrected chi connectivity index (χ4v) is 2.96. The standard InChI is InChI=1S/C14H26N2O3.ClH/c1-4-19-11-7-14(15,13(11,2)3)12(17)16-8-10-5-6-18-9-10;/h10-11H,4-9,15H2,1-3H3,(H,16,17);1H. The highest BCUT2D eigenvalue weighted by Crippen LogP contribution is 2.49. The lowest BCUT2D eigenvalue weighted by atomic mass is 9.54. The van der Waals surface area contributed by atoms with Gasteiger partial charge < -0.3 is 20.5 Å². The van der Waals surface area contributed by atoms with Gasteiger partial charge >= 0.3 is 0 Å². The first-order chi connectivity index (χ1) is 8.91. The van der Waals surface area contributed by atoms with Gasteiger partial charge in [0.2, 0.25) is 5.91 Å². The minimum absolute atomic E-state index is 0. The zero-order valence-corrected chi connectivity index (χ0v) is 13.4. The van der Waals surface area contributed by atoms with Gasteiger partial charge in [0.05, 0.1) is 12.7 Å². The highest BCUT2D eigenvalue weighted by molar-refractivity contribution is 5.88. The molecule has 1 heterocycles. The molecule has 0 radical (unpaired) electrons. The number of halogens is 1. The van der Waals surface area contributed by atoms with Crippen LogP contribution in [0.2, 0.25) is 0 Å². The largest absolute Gasteiger partial charge is 0.381 e. The first-order valence-corrected chi connectivity index (χ1v) is 7.18. The van der Waals surface area contributed by atoms with Crippen LogP contribution in [0, 0.1) is 11.3 Å². The molecule has 3 unspecified atom stereocenters. The molecule has 2 rings (SSSR count). The first-order valence-electron chi connectivity index (χ1n) is 7.18. The number of carbonyl (C=O) groups excluding carboxylic acids is 1. The number of hydrogen-bond acceptors (Lipinski definition) is 4. The Morgan fingerprint density at radius 1 is 1.50 bits per heavy atom. The lowest BCUT2D eigenvalue weighted by Gasteiger charge is -2.57. The van der Waals surface area contributed by atoms with Crippen molar-refractivity contribution in [3.8, 4) is 0 Å². The highest BCUT2D eigenvalue weighted by Gasteiger charge is 2.62. The maximum Gasteiger partial charge on any atom is 0.240 e. The van der Waals surface area contributed by atoms with E-state index in [0.717, 1.165) is 19.6 Å². The zero-order valence-electron chi connectivity index (χ0n) is 12.6. The molecule has 2 fully saturated rings. The van der Waals surface area contributed by atoms with Crippen molar-refractivity contribution in [2.45, 2.75) is 45.3 Å². The van der Waals surface area contributed by atoms with Crippen molar-refractivity contribution in [1.29, 1.82) is 0 Å². The molecular weight excluding hydrogens is 280 g/mol. The van der Waals surface area contributed by atoms with Crippen molar-refractivity contribution < 1.29 is 14.3 Å². The average molecular weight is 307 g/mol. The van der Waals surface area contributed by atoms with E-state index < -0.39 is 5.54 Å². The molecule has 1 amide bonds. The second kappa shape index (κ2) is 6.60. The number of nitrogens with one attached hydrogen (secondary N) is 1. The number of hydrogen-bond donors (Lipinski definition) is 2. The van der Waals surface area contributed by atoms with E-state index in [4.69, 9.17) is 15.2 Å². The summed E-state index contributed by atoms with van der Waals surface area (Å²) in [6.07, 6.45) is 1.69. The Morgan fingerprint density at radius 2 is 2.20 bits per heavy atom. The number of rotatable bonds is 5. The topological polar surface area (TPSA) is 73.6 Å². The number of nitrogens with two attached hydrogens (primary N) is 1. The van der Waals surface area contributed by atoms with Crippen LogP contribution in [0.1, 0.15) is 33.6 Å². The van der Waals surface area contributed by atoms with Crippen molar-refractivity contribution in [2.75, 3.05) is 26.4 Å². The molecule has 0 aromatic carbocycles. The Bertz CT molecular complexity index is 345. The van der Waals surface area contributed by atoms with Crippen LogP contribution in [-0.4, -0.2) is 43.9 Å². The third-order valence-corrected chi connectivity index (χ3v) is 4.81. The zero-order chi connectivity index (χ0) is 14.1. The van der Waals surface area contributed by atoms with Gasteiger partial charge in [-0.25, -0.2) is 0 Å². The van der Waals surface area contributed by atoms with Gasteiger partial charge in [-0.3, -0.25) is 4.79 Å². The molecule has 20 heavy (non-hydrogen) atoms. The van der Waals surface area contributed by atoms with Gasteiger partial charge in [0.25, 0.3) is 0 Å². The molecule has 3 atom stereocenters. The third kappa shape index (κ3) is 2.96. The van der Waals surface area contributed by atoms with Crippen molar-refractivity contribution >= 4 is 18.3 Å². The first kappa shape index (κ1) is 17.7. The SMILES string of the molecule is CCOC1CC(N)(C(=O)NCC2CCOC2)C1(C)C.Cl. The van der Waals surface area contributed by atoms with Gasteiger partial charge in [0.1, 0.15) is 5.54 Å². The quantitative estimate of drug-likeness (QED) is 0.797. The van der Waals surface area contributed by atoms with Crippen LogP contribution in [0.15, 0.2) is 0 Å². The van der Waals surface area contributed by atoms with Gasteiger partial charge in [-0.1, -0.05) is 13.8 Å². The average Bonchev–Trinajstić information content (AvgIpc) is 2.88. The Labute approximate surface area is 127 Å². The lowest BCUT2D eigenvalue weighted by molar-refractivity contribution is -0.170. The maximum absolute atomic E-state index is 12.3. The van der Waals surface area contributed by atoms with E-state index in [0.29, 0.717) is 25.5 Å². The molecule has 0 spiro atoms. The van der Waals surface area contributed by atoms with Crippen molar-refractivity contribution in [3.63, 3.8) is 0 Å². The fourth-order valence-electron chi connectivity index (χ4n) is 2.96. The molecule has 1 aliphatic carbocycles. The number of amides is 1. The van der Waals surface area contributed by atoms with Crippen molar-refractivity contribution in [1.82, 2.24) is 5.32 Å². The highest BCUT2D eigenvalue weighted by atomic mass is 35.5. The summed E-state index contributed by atoms with van der Waals surface area (Å²) in [7, 11) is 0. The molecule has 0 bridgehead atoms. The summed E-state index contributed by atoms with van der Waals surface area (Å²) in [5.74, 6) is 0.374. The minimum atomic E-state index is -0.813. The molecular formula is C14H27ClN2O3. The number of ether oxygens (including phenoxy) is 2. The van der Waals surface area contributed by atoms with E-state index in [1.807, 2.05) is 20.8 Å².